The number of hydrogen-bond donors (Lipinski definition) is 1. The van der Waals surface area contributed by atoms with Gasteiger partial charge < -0.3 is 9.73 Å². The molecule has 24 heavy (non-hydrogen) atoms. The monoisotopic (exact) mass is 327 g/mol. The van der Waals surface area contributed by atoms with Crippen LogP contribution >= 0.6 is 0 Å². The van der Waals surface area contributed by atoms with Gasteiger partial charge in [-0.15, -0.1) is 0 Å². The molecule has 124 valence electrons. The van der Waals surface area contributed by atoms with Gasteiger partial charge in [0.15, 0.2) is 0 Å². The molecule has 1 aromatic heterocycles. The quantitative estimate of drug-likeness (QED) is 0.626. The summed E-state index contributed by atoms with van der Waals surface area (Å²) in [6.07, 6.45) is 2.41. The Balaban J connectivity index is 1.63. The van der Waals surface area contributed by atoms with Crippen LogP contribution in [0.25, 0.3) is 0 Å². The molecule has 2 nitrogen and oxygen atoms in total. The lowest BCUT2D eigenvalue weighted by atomic mass is 9.93. The lowest BCUT2D eigenvalue weighted by Crippen LogP contribution is -2.18. The van der Waals surface area contributed by atoms with Crippen LogP contribution in [0.4, 0.5) is 8.78 Å². The second-order valence-corrected chi connectivity index (χ2v) is 5.68. The number of hydrogen-bond acceptors (Lipinski definition) is 2. The Morgan fingerprint density at radius 1 is 0.917 bits per heavy atom. The van der Waals surface area contributed by atoms with Crippen LogP contribution in [0.15, 0.2) is 71.3 Å². The molecule has 0 spiro atoms. The van der Waals surface area contributed by atoms with Crippen molar-refractivity contribution in [1.29, 1.82) is 0 Å². The molecule has 2 aromatic carbocycles. The minimum atomic E-state index is -0.255. The van der Waals surface area contributed by atoms with E-state index in [0.717, 1.165) is 17.7 Å². The molecular formula is C20H19F2NO. The number of furan rings is 1. The van der Waals surface area contributed by atoms with Gasteiger partial charge in [0.05, 0.1) is 6.26 Å². The van der Waals surface area contributed by atoms with Crippen LogP contribution in [-0.2, 0) is 6.54 Å². The molecule has 0 aliphatic carbocycles. The third kappa shape index (κ3) is 4.09. The summed E-state index contributed by atoms with van der Waals surface area (Å²) >= 11 is 0. The van der Waals surface area contributed by atoms with E-state index in [1.807, 2.05) is 18.2 Å². The number of halogens is 2. The molecule has 0 aliphatic heterocycles. The van der Waals surface area contributed by atoms with Crippen LogP contribution in [0.5, 0.6) is 0 Å². The molecular weight excluding hydrogens is 308 g/mol. The lowest BCUT2D eigenvalue weighted by Gasteiger charge is -2.16. The van der Waals surface area contributed by atoms with Crippen LogP contribution in [0.3, 0.4) is 0 Å². The number of nitrogens with one attached hydrogen (secondary N) is 1. The molecule has 3 aromatic rings. The summed E-state index contributed by atoms with van der Waals surface area (Å²) in [5.74, 6) is 0.420. The van der Waals surface area contributed by atoms with E-state index in [1.54, 1.807) is 30.5 Å². The fraction of sp³-hybridized carbons (Fsp3) is 0.200. The third-order valence-corrected chi connectivity index (χ3v) is 4.04. The highest BCUT2D eigenvalue weighted by atomic mass is 19.1. The largest absolute Gasteiger partial charge is 0.469 e. The van der Waals surface area contributed by atoms with E-state index in [2.05, 4.69) is 5.32 Å². The Bertz CT molecular complexity index is 754. The van der Waals surface area contributed by atoms with E-state index in [1.165, 1.54) is 18.2 Å². The molecule has 0 radical (unpaired) electrons. The highest BCUT2D eigenvalue weighted by Crippen LogP contribution is 2.28. The molecule has 1 N–H and O–H groups in total. The SMILES string of the molecule is Fc1ccc(C(CCNCc2ccccc2F)c2ccco2)cc1. The Labute approximate surface area is 140 Å². The average molecular weight is 327 g/mol. The lowest BCUT2D eigenvalue weighted by molar-refractivity contribution is 0.465. The van der Waals surface area contributed by atoms with Gasteiger partial charge in [0.25, 0.3) is 0 Å². The molecule has 0 saturated heterocycles. The van der Waals surface area contributed by atoms with Crippen LogP contribution < -0.4 is 5.32 Å². The van der Waals surface area contributed by atoms with E-state index in [4.69, 9.17) is 4.42 Å². The van der Waals surface area contributed by atoms with Crippen LogP contribution in [0.2, 0.25) is 0 Å². The summed E-state index contributed by atoms with van der Waals surface area (Å²) in [6, 6.07) is 17.0. The van der Waals surface area contributed by atoms with Gasteiger partial charge in [-0.25, -0.2) is 8.78 Å². The van der Waals surface area contributed by atoms with Crippen molar-refractivity contribution >= 4 is 0 Å². The standard InChI is InChI=1S/C20H19F2NO/c21-17-9-7-15(8-10-17)18(20-6-3-13-24-20)11-12-23-14-16-4-1-2-5-19(16)22/h1-10,13,18,23H,11-12,14H2. The van der Waals surface area contributed by atoms with Crippen LogP contribution in [0, 0.1) is 11.6 Å². The van der Waals surface area contributed by atoms with Crippen molar-refractivity contribution < 1.29 is 13.2 Å². The van der Waals surface area contributed by atoms with Gasteiger partial charge in [0.1, 0.15) is 17.4 Å². The summed E-state index contributed by atoms with van der Waals surface area (Å²) in [4.78, 5) is 0. The van der Waals surface area contributed by atoms with Gasteiger partial charge in [0.2, 0.25) is 0 Å². The predicted octanol–water partition coefficient (Wildman–Crippen LogP) is 4.87. The molecule has 0 bridgehead atoms. The van der Waals surface area contributed by atoms with Gasteiger partial charge in [0, 0.05) is 18.0 Å². The van der Waals surface area contributed by atoms with Crippen molar-refractivity contribution in [2.75, 3.05) is 6.54 Å². The van der Waals surface area contributed by atoms with E-state index in [0.29, 0.717) is 18.7 Å². The first kappa shape index (κ1) is 16.4. The van der Waals surface area contributed by atoms with E-state index in [9.17, 15) is 8.78 Å². The van der Waals surface area contributed by atoms with Crippen molar-refractivity contribution in [2.24, 2.45) is 0 Å². The number of rotatable bonds is 7. The van der Waals surface area contributed by atoms with Gasteiger partial charge >= 0.3 is 0 Å². The van der Waals surface area contributed by atoms with E-state index in [-0.39, 0.29) is 17.6 Å². The van der Waals surface area contributed by atoms with Crippen molar-refractivity contribution in [3.05, 3.63) is 95.4 Å². The second kappa shape index (κ2) is 7.88. The zero-order chi connectivity index (χ0) is 16.8. The Morgan fingerprint density at radius 2 is 1.71 bits per heavy atom. The zero-order valence-electron chi connectivity index (χ0n) is 13.2. The van der Waals surface area contributed by atoms with Crippen molar-refractivity contribution in [3.8, 4) is 0 Å². The summed E-state index contributed by atoms with van der Waals surface area (Å²) in [5, 5.41) is 3.26. The summed E-state index contributed by atoms with van der Waals surface area (Å²) in [7, 11) is 0. The normalized spacial score (nSPS) is 12.2. The predicted molar refractivity (Wildman–Crippen MR) is 89.7 cm³/mol. The first-order chi connectivity index (χ1) is 11.7. The van der Waals surface area contributed by atoms with Gasteiger partial charge in [-0.05, 0) is 48.9 Å². The van der Waals surface area contributed by atoms with E-state index >= 15 is 0 Å². The highest BCUT2D eigenvalue weighted by Gasteiger charge is 2.16. The van der Waals surface area contributed by atoms with Crippen molar-refractivity contribution in [2.45, 2.75) is 18.9 Å². The second-order valence-electron chi connectivity index (χ2n) is 5.68. The molecule has 1 atom stereocenters. The van der Waals surface area contributed by atoms with Gasteiger partial charge in [-0.3, -0.25) is 0 Å². The smallest absolute Gasteiger partial charge is 0.127 e. The fourth-order valence-corrected chi connectivity index (χ4v) is 2.77. The Hall–Kier alpha value is -2.46. The van der Waals surface area contributed by atoms with Gasteiger partial charge in [-0.2, -0.15) is 0 Å². The van der Waals surface area contributed by atoms with Crippen molar-refractivity contribution in [1.82, 2.24) is 5.32 Å². The third-order valence-electron chi connectivity index (χ3n) is 4.04. The topological polar surface area (TPSA) is 25.2 Å². The maximum Gasteiger partial charge on any atom is 0.127 e. The van der Waals surface area contributed by atoms with Crippen molar-refractivity contribution in [3.63, 3.8) is 0 Å². The minimum Gasteiger partial charge on any atom is -0.469 e. The molecule has 4 heteroatoms. The molecule has 1 heterocycles. The molecule has 1 unspecified atom stereocenters. The van der Waals surface area contributed by atoms with Gasteiger partial charge in [-0.1, -0.05) is 30.3 Å². The number of benzene rings is 2. The summed E-state index contributed by atoms with van der Waals surface area (Å²) < 4.78 is 32.3. The molecule has 0 saturated carbocycles. The first-order valence-corrected chi connectivity index (χ1v) is 7.97. The first-order valence-electron chi connectivity index (χ1n) is 7.97. The Morgan fingerprint density at radius 3 is 2.42 bits per heavy atom. The molecule has 3 rings (SSSR count). The maximum absolute atomic E-state index is 13.6. The van der Waals surface area contributed by atoms with Crippen LogP contribution in [-0.4, -0.2) is 6.54 Å². The maximum atomic E-state index is 13.6. The minimum absolute atomic E-state index is 0.0359. The summed E-state index contributed by atoms with van der Waals surface area (Å²) in [6.45, 7) is 1.16. The highest BCUT2D eigenvalue weighted by molar-refractivity contribution is 5.27. The molecule has 0 fully saturated rings. The Kier molecular flexibility index (Phi) is 5.39. The molecule has 0 amide bonds. The van der Waals surface area contributed by atoms with E-state index < -0.39 is 0 Å². The summed E-state index contributed by atoms with van der Waals surface area (Å²) in [5.41, 5.74) is 1.65. The zero-order valence-corrected chi connectivity index (χ0v) is 13.2. The van der Waals surface area contributed by atoms with Crippen LogP contribution in [0.1, 0.15) is 29.2 Å². The molecule has 0 aliphatic rings. The average Bonchev–Trinajstić information content (AvgIpc) is 3.12. The fourth-order valence-electron chi connectivity index (χ4n) is 2.77.